The molecule has 1 aromatic heterocycles. The van der Waals surface area contributed by atoms with Crippen molar-refractivity contribution in [1.29, 1.82) is 0 Å². The van der Waals surface area contributed by atoms with Gasteiger partial charge in [-0.2, -0.15) is 0 Å². The van der Waals surface area contributed by atoms with Crippen LogP contribution in [0.2, 0.25) is 0 Å². The zero-order valence-electron chi connectivity index (χ0n) is 9.33. The number of thiazole rings is 1. The lowest BCUT2D eigenvalue weighted by Gasteiger charge is -2.05. The molecule has 1 aromatic rings. The number of aromatic nitrogens is 1. The lowest BCUT2D eigenvalue weighted by Crippen LogP contribution is -2.30. The van der Waals surface area contributed by atoms with Gasteiger partial charge in [0.15, 0.2) is 10.2 Å². The molecule has 2 N–H and O–H groups in total. The van der Waals surface area contributed by atoms with Crippen LogP contribution in [0.4, 0.5) is 5.13 Å². The summed E-state index contributed by atoms with van der Waals surface area (Å²) in [5.74, 6) is 0. The third-order valence-corrected chi connectivity index (χ3v) is 2.85. The standard InChI is InChI=1S/C8H11N3S2.C2H6/c1-5-4-13-8(9-5)11-7(12)10-6-2-3-6;1-2/h4,6H,2-3H2,1H3,(H2,9,10,11,12);1-2H3. The summed E-state index contributed by atoms with van der Waals surface area (Å²) in [6.07, 6.45) is 2.47. The maximum absolute atomic E-state index is 5.11. The first-order chi connectivity index (χ1) is 7.24. The maximum Gasteiger partial charge on any atom is 0.189 e. The summed E-state index contributed by atoms with van der Waals surface area (Å²) in [4.78, 5) is 4.26. The van der Waals surface area contributed by atoms with Gasteiger partial charge >= 0.3 is 0 Å². The molecule has 0 atom stereocenters. The Labute approximate surface area is 100 Å². The monoisotopic (exact) mass is 243 g/mol. The summed E-state index contributed by atoms with van der Waals surface area (Å²) in [5, 5.41) is 9.82. The minimum absolute atomic E-state index is 0.598. The molecule has 5 heteroatoms. The van der Waals surface area contributed by atoms with E-state index in [1.807, 2.05) is 26.2 Å². The highest BCUT2D eigenvalue weighted by atomic mass is 32.1. The predicted molar refractivity (Wildman–Crippen MR) is 70.6 cm³/mol. The number of anilines is 1. The molecular formula is C10H17N3S2. The van der Waals surface area contributed by atoms with Crippen molar-refractivity contribution < 1.29 is 0 Å². The molecule has 0 amide bonds. The number of thiocarbonyl (C=S) groups is 1. The molecule has 1 saturated carbocycles. The minimum Gasteiger partial charge on any atom is -0.360 e. The fourth-order valence-electron chi connectivity index (χ4n) is 0.958. The first kappa shape index (κ1) is 12.4. The van der Waals surface area contributed by atoms with Gasteiger partial charge in [0.25, 0.3) is 0 Å². The Balaban J connectivity index is 0.000000531. The molecule has 1 heterocycles. The van der Waals surface area contributed by atoms with E-state index in [9.17, 15) is 0 Å². The van der Waals surface area contributed by atoms with Crippen LogP contribution in [0.15, 0.2) is 5.38 Å². The Bertz CT molecular complexity index is 318. The van der Waals surface area contributed by atoms with E-state index in [2.05, 4.69) is 15.6 Å². The highest BCUT2D eigenvalue weighted by Crippen LogP contribution is 2.19. The fraction of sp³-hybridized carbons (Fsp3) is 0.600. The first-order valence-corrected chi connectivity index (χ1v) is 6.52. The first-order valence-electron chi connectivity index (χ1n) is 5.24. The van der Waals surface area contributed by atoms with Gasteiger partial charge in [0, 0.05) is 11.4 Å². The van der Waals surface area contributed by atoms with Crippen LogP contribution in [0.1, 0.15) is 32.4 Å². The van der Waals surface area contributed by atoms with Gasteiger partial charge in [-0.15, -0.1) is 11.3 Å². The molecule has 0 bridgehead atoms. The van der Waals surface area contributed by atoms with Crippen LogP contribution in [-0.2, 0) is 0 Å². The van der Waals surface area contributed by atoms with E-state index in [1.54, 1.807) is 11.3 Å². The van der Waals surface area contributed by atoms with Gasteiger partial charge < -0.3 is 10.6 Å². The molecule has 84 valence electrons. The van der Waals surface area contributed by atoms with Gasteiger partial charge in [0.05, 0.1) is 5.69 Å². The van der Waals surface area contributed by atoms with Gasteiger partial charge in [-0.25, -0.2) is 4.98 Å². The highest BCUT2D eigenvalue weighted by molar-refractivity contribution is 7.80. The van der Waals surface area contributed by atoms with Crippen LogP contribution in [0.3, 0.4) is 0 Å². The average molecular weight is 243 g/mol. The molecule has 0 spiro atoms. The van der Waals surface area contributed by atoms with Crippen LogP contribution in [0.25, 0.3) is 0 Å². The summed E-state index contributed by atoms with van der Waals surface area (Å²) in [6, 6.07) is 0.598. The number of hydrogen-bond donors (Lipinski definition) is 2. The van der Waals surface area contributed by atoms with Crippen molar-refractivity contribution in [2.75, 3.05) is 5.32 Å². The van der Waals surface area contributed by atoms with E-state index in [-0.39, 0.29) is 0 Å². The third kappa shape index (κ3) is 4.57. The maximum atomic E-state index is 5.11. The highest BCUT2D eigenvalue weighted by Gasteiger charge is 2.21. The number of nitrogens with zero attached hydrogens (tertiary/aromatic N) is 1. The van der Waals surface area contributed by atoms with Crippen molar-refractivity contribution in [3.63, 3.8) is 0 Å². The number of nitrogens with one attached hydrogen (secondary N) is 2. The van der Waals surface area contributed by atoms with E-state index < -0.39 is 0 Å². The molecule has 1 fully saturated rings. The van der Waals surface area contributed by atoms with Crippen molar-refractivity contribution in [1.82, 2.24) is 10.3 Å². The Morgan fingerprint density at radius 2 is 2.20 bits per heavy atom. The van der Waals surface area contributed by atoms with Crippen molar-refractivity contribution in [3.05, 3.63) is 11.1 Å². The van der Waals surface area contributed by atoms with Crippen LogP contribution < -0.4 is 10.6 Å². The molecular weight excluding hydrogens is 226 g/mol. The summed E-state index contributed by atoms with van der Waals surface area (Å²) in [5.41, 5.74) is 1.03. The van der Waals surface area contributed by atoms with E-state index in [1.165, 1.54) is 12.8 Å². The molecule has 0 radical (unpaired) electrons. The lowest BCUT2D eigenvalue weighted by atomic mass is 10.6. The Hall–Kier alpha value is -0.680. The SMILES string of the molecule is CC.Cc1csc(NC(=S)NC2CC2)n1. The fourth-order valence-corrected chi connectivity index (χ4v) is 1.98. The molecule has 1 aliphatic rings. The zero-order valence-corrected chi connectivity index (χ0v) is 11.0. The van der Waals surface area contributed by atoms with E-state index in [0.29, 0.717) is 11.2 Å². The van der Waals surface area contributed by atoms with Gasteiger partial charge in [-0.1, -0.05) is 13.8 Å². The number of rotatable bonds is 2. The third-order valence-electron chi connectivity index (χ3n) is 1.75. The van der Waals surface area contributed by atoms with Gasteiger partial charge in [0.1, 0.15) is 0 Å². The summed E-state index contributed by atoms with van der Waals surface area (Å²) < 4.78 is 0. The lowest BCUT2D eigenvalue weighted by molar-refractivity contribution is 0.919. The quantitative estimate of drug-likeness (QED) is 0.783. The van der Waals surface area contributed by atoms with Crippen LogP contribution >= 0.6 is 23.6 Å². The normalized spacial score (nSPS) is 13.8. The van der Waals surface area contributed by atoms with Gasteiger partial charge in [-0.3, -0.25) is 0 Å². The summed E-state index contributed by atoms with van der Waals surface area (Å²) in [6.45, 7) is 5.97. The second-order valence-corrected chi connectivity index (χ2v) is 4.43. The van der Waals surface area contributed by atoms with Crippen molar-refractivity contribution in [2.24, 2.45) is 0 Å². The van der Waals surface area contributed by atoms with Crippen molar-refractivity contribution in [3.8, 4) is 0 Å². The molecule has 15 heavy (non-hydrogen) atoms. The van der Waals surface area contributed by atoms with E-state index >= 15 is 0 Å². The summed E-state index contributed by atoms with van der Waals surface area (Å²) >= 11 is 6.68. The largest absolute Gasteiger partial charge is 0.360 e. The molecule has 2 rings (SSSR count). The number of aryl methyl sites for hydroxylation is 1. The van der Waals surface area contributed by atoms with Crippen LogP contribution in [0, 0.1) is 6.92 Å². The average Bonchev–Trinajstić information content (AvgIpc) is 2.93. The number of hydrogen-bond acceptors (Lipinski definition) is 3. The van der Waals surface area contributed by atoms with Gasteiger partial charge in [0.2, 0.25) is 0 Å². The second kappa shape index (κ2) is 6.02. The van der Waals surface area contributed by atoms with E-state index in [0.717, 1.165) is 10.8 Å². The van der Waals surface area contributed by atoms with E-state index in [4.69, 9.17) is 12.2 Å². The van der Waals surface area contributed by atoms with Crippen molar-refractivity contribution >= 4 is 33.8 Å². The molecule has 0 aromatic carbocycles. The van der Waals surface area contributed by atoms with Crippen LogP contribution in [-0.4, -0.2) is 16.1 Å². The second-order valence-electron chi connectivity index (χ2n) is 3.17. The predicted octanol–water partition coefficient (Wildman–Crippen LogP) is 2.93. The molecule has 0 aliphatic heterocycles. The Kier molecular flexibility index (Phi) is 4.98. The smallest absolute Gasteiger partial charge is 0.189 e. The topological polar surface area (TPSA) is 37.0 Å². The Morgan fingerprint density at radius 3 is 2.67 bits per heavy atom. The van der Waals surface area contributed by atoms with Crippen molar-refractivity contribution in [2.45, 2.75) is 39.7 Å². The molecule has 0 unspecified atom stereocenters. The van der Waals surface area contributed by atoms with Gasteiger partial charge in [-0.05, 0) is 32.0 Å². The molecule has 1 aliphatic carbocycles. The summed E-state index contributed by atoms with van der Waals surface area (Å²) in [7, 11) is 0. The molecule has 0 saturated heterocycles. The Morgan fingerprint density at radius 1 is 1.53 bits per heavy atom. The zero-order chi connectivity index (χ0) is 11.3. The van der Waals surface area contributed by atoms with Crippen LogP contribution in [0.5, 0.6) is 0 Å². The minimum atomic E-state index is 0.598. The molecule has 3 nitrogen and oxygen atoms in total.